The zero-order chi connectivity index (χ0) is 17.6. The van der Waals surface area contributed by atoms with Crippen molar-refractivity contribution in [2.24, 2.45) is 0 Å². The Kier molecular flexibility index (Phi) is 5.34. The van der Waals surface area contributed by atoms with Crippen LogP contribution in [0.2, 0.25) is 0 Å². The van der Waals surface area contributed by atoms with Crippen LogP contribution in [0.15, 0.2) is 36.7 Å². The molecule has 1 aromatic carbocycles. The molecule has 0 saturated carbocycles. The Hall–Kier alpha value is -2.81. The Balaban J connectivity index is 1.51. The van der Waals surface area contributed by atoms with Gasteiger partial charge in [0, 0.05) is 32.0 Å². The third-order valence-corrected chi connectivity index (χ3v) is 4.72. The molecule has 1 aliphatic heterocycles. The van der Waals surface area contributed by atoms with Gasteiger partial charge in [0.25, 0.3) is 0 Å². The van der Waals surface area contributed by atoms with E-state index in [9.17, 15) is 4.79 Å². The van der Waals surface area contributed by atoms with Gasteiger partial charge in [0.15, 0.2) is 0 Å². The predicted octanol–water partition coefficient (Wildman–Crippen LogP) is 2.48. The molecule has 1 aliphatic rings. The van der Waals surface area contributed by atoms with Gasteiger partial charge in [0.1, 0.15) is 5.82 Å². The molecule has 1 fully saturated rings. The van der Waals surface area contributed by atoms with E-state index in [2.05, 4.69) is 20.9 Å². The summed E-state index contributed by atoms with van der Waals surface area (Å²) in [5, 5.41) is 12.0. The summed E-state index contributed by atoms with van der Waals surface area (Å²) in [6.45, 7) is 4.15. The topological polar surface area (TPSA) is 74.0 Å². The number of hydrogen-bond donors (Lipinski definition) is 1. The lowest BCUT2D eigenvalue weighted by molar-refractivity contribution is 0.187. The average molecular weight is 337 g/mol. The normalized spacial score (nSPS) is 16.6. The summed E-state index contributed by atoms with van der Waals surface area (Å²) in [4.78, 5) is 18.7. The minimum absolute atomic E-state index is 0.00305. The van der Waals surface area contributed by atoms with E-state index < -0.39 is 0 Å². The third-order valence-electron chi connectivity index (χ3n) is 4.72. The fraction of sp³-hybridized carbons (Fsp3) is 0.421. The van der Waals surface area contributed by atoms with E-state index in [1.54, 1.807) is 12.3 Å². The molecule has 25 heavy (non-hydrogen) atoms. The summed E-state index contributed by atoms with van der Waals surface area (Å²) < 4.78 is 2.10. The maximum Gasteiger partial charge on any atom is 0.317 e. The van der Waals surface area contributed by atoms with Crippen molar-refractivity contribution >= 4 is 6.03 Å². The lowest BCUT2D eigenvalue weighted by atomic mass is 10.1. The van der Waals surface area contributed by atoms with Gasteiger partial charge in [0.2, 0.25) is 0 Å². The van der Waals surface area contributed by atoms with Crippen LogP contribution < -0.4 is 5.32 Å². The van der Waals surface area contributed by atoms with Crippen LogP contribution in [-0.2, 0) is 13.0 Å². The summed E-state index contributed by atoms with van der Waals surface area (Å²) in [5.74, 6) is 0.977. The predicted molar refractivity (Wildman–Crippen MR) is 95.0 cm³/mol. The minimum Gasteiger partial charge on any atom is -0.338 e. The molecular weight excluding hydrogens is 314 g/mol. The van der Waals surface area contributed by atoms with Crippen molar-refractivity contribution in [2.45, 2.75) is 38.8 Å². The Morgan fingerprint density at radius 2 is 2.36 bits per heavy atom. The van der Waals surface area contributed by atoms with Gasteiger partial charge in [-0.05, 0) is 43.9 Å². The highest BCUT2D eigenvalue weighted by molar-refractivity contribution is 5.74. The van der Waals surface area contributed by atoms with Crippen LogP contribution in [0.5, 0.6) is 0 Å². The van der Waals surface area contributed by atoms with Crippen LogP contribution in [0.4, 0.5) is 4.79 Å². The Bertz CT molecular complexity index is 776. The molecule has 1 N–H and O–H groups in total. The van der Waals surface area contributed by atoms with E-state index in [1.165, 1.54) is 0 Å². The second kappa shape index (κ2) is 7.84. The first kappa shape index (κ1) is 17.0. The van der Waals surface area contributed by atoms with Crippen LogP contribution in [0, 0.1) is 18.3 Å². The highest BCUT2D eigenvalue weighted by Gasteiger charge is 2.28. The van der Waals surface area contributed by atoms with Crippen LogP contribution in [0.1, 0.15) is 29.8 Å². The number of hydrogen-bond acceptors (Lipinski definition) is 3. The van der Waals surface area contributed by atoms with Crippen LogP contribution >= 0.6 is 0 Å². The van der Waals surface area contributed by atoms with Gasteiger partial charge >= 0.3 is 6.03 Å². The number of carbonyl (C=O) groups is 1. The molecule has 0 aliphatic carbocycles. The van der Waals surface area contributed by atoms with E-state index in [-0.39, 0.29) is 12.1 Å². The van der Waals surface area contributed by atoms with Crippen molar-refractivity contribution in [3.63, 3.8) is 0 Å². The number of benzene rings is 1. The molecule has 1 atom stereocenters. The number of nitrogens with one attached hydrogen (secondary N) is 1. The number of carbonyl (C=O) groups excluding carboxylic acids is 1. The maximum atomic E-state index is 12.5. The maximum absolute atomic E-state index is 12.5. The molecule has 0 spiro atoms. The quantitative estimate of drug-likeness (QED) is 0.911. The van der Waals surface area contributed by atoms with Crippen molar-refractivity contribution in [2.75, 3.05) is 13.1 Å². The molecule has 2 heterocycles. The lowest BCUT2D eigenvalue weighted by Gasteiger charge is -2.25. The SMILES string of the molecule is Cc1nccn1C[C@H]1CCCN1C(=O)NCCc1cccc(C#N)c1. The Morgan fingerprint density at radius 3 is 3.12 bits per heavy atom. The van der Waals surface area contributed by atoms with E-state index in [1.807, 2.05) is 36.2 Å². The molecule has 2 amide bonds. The first-order valence-electron chi connectivity index (χ1n) is 8.68. The molecule has 2 aromatic rings. The second-order valence-electron chi connectivity index (χ2n) is 6.41. The van der Waals surface area contributed by atoms with Gasteiger partial charge in [-0.25, -0.2) is 9.78 Å². The van der Waals surface area contributed by atoms with Crippen molar-refractivity contribution in [1.82, 2.24) is 19.8 Å². The molecule has 0 bridgehead atoms. The summed E-state index contributed by atoms with van der Waals surface area (Å²) in [6.07, 6.45) is 6.54. The van der Waals surface area contributed by atoms with Gasteiger partial charge in [-0.3, -0.25) is 0 Å². The van der Waals surface area contributed by atoms with Crippen molar-refractivity contribution in [3.8, 4) is 6.07 Å². The molecule has 0 radical (unpaired) electrons. The van der Waals surface area contributed by atoms with Gasteiger partial charge < -0.3 is 14.8 Å². The minimum atomic E-state index is -0.00305. The molecule has 1 saturated heterocycles. The fourth-order valence-electron chi connectivity index (χ4n) is 3.33. The first-order valence-corrected chi connectivity index (χ1v) is 8.68. The third kappa shape index (κ3) is 4.18. The molecule has 6 nitrogen and oxygen atoms in total. The zero-order valence-electron chi connectivity index (χ0n) is 14.5. The van der Waals surface area contributed by atoms with Gasteiger partial charge in [-0.1, -0.05) is 12.1 Å². The second-order valence-corrected chi connectivity index (χ2v) is 6.41. The number of amides is 2. The van der Waals surface area contributed by atoms with E-state index in [0.29, 0.717) is 12.1 Å². The number of rotatable bonds is 5. The lowest BCUT2D eigenvalue weighted by Crippen LogP contribution is -2.44. The Labute approximate surface area is 148 Å². The zero-order valence-corrected chi connectivity index (χ0v) is 14.5. The molecule has 6 heteroatoms. The highest BCUT2D eigenvalue weighted by atomic mass is 16.2. The molecule has 130 valence electrons. The molecule has 1 aromatic heterocycles. The molecular formula is C19H23N5O. The van der Waals surface area contributed by atoms with Crippen LogP contribution in [0.25, 0.3) is 0 Å². The van der Waals surface area contributed by atoms with Crippen LogP contribution in [-0.4, -0.2) is 39.6 Å². The highest BCUT2D eigenvalue weighted by Crippen LogP contribution is 2.19. The summed E-state index contributed by atoms with van der Waals surface area (Å²) in [5.41, 5.74) is 1.71. The van der Waals surface area contributed by atoms with Crippen LogP contribution in [0.3, 0.4) is 0 Å². The number of imidazole rings is 1. The van der Waals surface area contributed by atoms with Crippen molar-refractivity contribution in [1.29, 1.82) is 5.26 Å². The molecule has 3 rings (SSSR count). The fourth-order valence-corrected chi connectivity index (χ4v) is 3.33. The number of nitriles is 1. The Morgan fingerprint density at radius 1 is 1.48 bits per heavy atom. The van der Waals surface area contributed by atoms with Crippen molar-refractivity contribution in [3.05, 3.63) is 53.6 Å². The number of urea groups is 1. The average Bonchev–Trinajstić information content (AvgIpc) is 3.25. The van der Waals surface area contributed by atoms with Gasteiger partial charge in [-0.15, -0.1) is 0 Å². The standard InChI is InChI=1S/C19H23N5O/c1-15-21-9-11-23(15)14-18-6-3-10-24(18)19(25)22-8-7-16-4-2-5-17(12-16)13-20/h2,4-5,9,11-12,18H,3,6-8,10,14H2,1H3,(H,22,25)/t18-/m1/s1. The van der Waals surface area contributed by atoms with E-state index >= 15 is 0 Å². The number of nitrogens with zero attached hydrogens (tertiary/aromatic N) is 4. The number of aryl methyl sites for hydroxylation is 1. The smallest absolute Gasteiger partial charge is 0.317 e. The van der Waals surface area contributed by atoms with E-state index in [0.717, 1.165) is 43.7 Å². The first-order chi connectivity index (χ1) is 12.2. The van der Waals surface area contributed by atoms with Gasteiger partial charge in [0.05, 0.1) is 17.7 Å². The summed E-state index contributed by atoms with van der Waals surface area (Å²) >= 11 is 0. The van der Waals surface area contributed by atoms with E-state index in [4.69, 9.17) is 5.26 Å². The number of likely N-dealkylation sites (tertiary alicyclic amines) is 1. The van der Waals surface area contributed by atoms with Crippen molar-refractivity contribution < 1.29 is 4.79 Å². The largest absolute Gasteiger partial charge is 0.338 e. The summed E-state index contributed by atoms with van der Waals surface area (Å²) in [7, 11) is 0. The monoisotopic (exact) mass is 337 g/mol. The van der Waals surface area contributed by atoms with Gasteiger partial charge in [-0.2, -0.15) is 5.26 Å². The summed E-state index contributed by atoms with van der Waals surface area (Å²) in [6, 6.07) is 9.86. The molecule has 0 unspecified atom stereocenters. The number of aromatic nitrogens is 2.